The van der Waals surface area contributed by atoms with E-state index in [1.54, 1.807) is 27.7 Å². The third-order valence-electron chi connectivity index (χ3n) is 2.26. The molecule has 0 aliphatic carbocycles. The van der Waals surface area contributed by atoms with Gasteiger partial charge < -0.3 is 5.32 Å². The van der Waals surface area contributed by atoms with Crippen molar-refractivity contribution in [3.8, 4) is 0 Å². The molecule has 0 aromatic heterocycles. The lowest BCUT2D eigenvalue weighted by Gasteiger charge is -2.16. The van der Waals surface area contributed by atoms with E-state index in [1.807, 2.05) is 0 Å². The largest absolute Gasteiger partial charge is 0.368 e. The molecule has 1 aromatic carbocycles. The number of rotatable bonds is 3. The minimum atomic E-state index is -2.18. The SMILES string of the molecule is CC(C)N=C(NC(C)C)c1c(F)c(F)c(F)c(F)c1F. The summed E-state index contributed by atoms with van der Waals surface area (Å²) in [7, 11) is 0. The Balaban J connectivity index is 3.56. The zero-order valence-electron chi connectivity index (χ0n) is 11.5. The number of benzene rings is 1. The molecule has 1 N–H and O–H groups in total. The van der Waals surface area contributed by atoms with E-state index in [0.717, 1.165) is 0 Å². The summed E-state index contributed by atoms with van der Waals surface area (Å²) >= 11 is 0. The topological polar surface area (TPSA) is 24.4 Å². The number of nitrogens with zero attached hydrogens (tertiary/aromatic N) is 1. The van der Waals surface area contributed by atoms with Crippen LogP contribution in [-0.2, 0) is 0 Å². The van der Waals surface area contributed by atoms with E-state index in [1.165, 1.54) is 0 Å². The van der Waals surface area contributed by atoms with E-state index in [2.05, 4.69) is 10.3 Å². The van der Waals surface area contributed by atoms with Crippen LogP contribution in [0.3, 0.4) is 0 Å². The molecule has 0 radical (unpaired) electrons. The van der Waals surface area contributed by atoms with Gasteiger partial charge in [-0.15, -0.1) is 0 Å². The molecular formula is C13H15F5N2. The lowest BCUT2D eigenvalue weighted by atomic mass is 10.1. The van der Waals surface area contributed by atoms with Gasteiger partial charge in [0, 0.05) is 12.1 Å². The molecule has 0 saturated heterocycles. The van der Waals surface area contributed by atoms with E-state index >= 15 is 0 Å². The van der Waals surface area contributed by atoms with Crippen LogP contribution >= 0.6 is 0 Å². The van der Waals surface area contributed by atoms with E-state index in [0.29, 0.717) is 0 Å². The highest BCUT2D eigenvalue weighted by Gasteiger charge is 2.28. The number of hydrogen-bond acceptors (Lipinski definition) is 1. The van der Waals surface area contributed by atoms with Gasteiger partial charge in [-0.1, -0.05) is 0 Å². The first kappa shape index (κ1) is 16.4. The second kappa shape index (κ2) is 6.19. The minimum absolute atomic E-state index is 0.289. The van der Waals surface area contributed by atoms with Gasteiger partial charge in [0.15, 0.2) is 23.3 Å². The number of aliphatic imine (C=N–C) groups is 1. The van der Waals surface area contributed by atoms with Gasteiger partial charge in [-0.2, -0.15) is 0 Å². The Morgan fingerprint density at radius 2 is 1.20 bits per heavy atom. The van der Waals surface area contributed by atoms with Crippen LogP contribution in [-0.4, -0.2) is 17.9 Å². The molecule has 0 heterocycles. The first-order valence-electron chi connectivity index (χ1n) is 6.02. The normalized spacial score (nSPS) is 12.4. The molecule has 7 heteroatoms. The fraction of sp³-hybridized carbons (Fsp3) is 0.462. The van der Waals surface area contributed by atoms with Crippen LogP contribution in [0.2, 0.25) is 0 Å². The highest BCUT2D eigenvalue weighted by Crippen LogP contribution is 2.23. The van der Waals surface area contributed by atoms with Gasteiger partial charge in [0.2, 0.25) is 5.82 Å². The maximum absolute atomic E-state index is 13.7. The summed E-state index contributed by atoms with van der Waals surface area (Å²) in [4.78, 5) is 3.89. The van der Waals surface area contributed by atoms with E-state index in [9.17, 15) is 22.0 Å². The molecule has 0 fully saturated rings. The molecule has 1 aromatic rings. The standard InChI is InChI=1S/C13H15F5N2/c1-5(2)19-13(20-6(3)4)7-8(14)10(16)12(18)11(17)9(7)15/h5-6H,1-4H3,(H,19,20). The molecule has 0 saturated carbocycles. The van der Waals surface area contributed by atoms with Gasteiger partial charge in [-0.25, -0.2) is 22.0 Å². The van der Waals surface area contributed by atoms with Crippen molar-refractivity contribution in [1.29, 1.82) is 0 Å². The van der Waals surface area contributed by atoms with Crippen LogP contribution in [0.15, 0.2) is 4.99 Å². The van der Waals surface area contributed by atoms with Crippen molar-refractivity contribution in [2.75, 3.05) is 0 Å². The maximum Gasteiger partial charge on any atom is 0.200 e. The Labute approximate surface area is 113 Å². The van der Waals surface area contributed by atoms with Crippen LogP contribution in [0.1, 0.15) is 33.3 Å². The second-order valence-corrected chi connectivity index (χ2v) is 4.82. The van der Waals surface area contributed by atoms with E-state index < -0.39 is 34.6 Å². The van der Waals surface area contributed by atoms with Crippen LogP contribution in [0.5, 0.6) is 0 Å². The Kier molecular flexibility index (Phi) is 5.08. The van der Waals surface area contributed by atoms with Crippen molar-refractivity contribution >= 4 is 5.84 Å². The highest BCUT2D eigenvalue weighted by atomic mass is 19.2. The van der Waals surface area contributed by atoms with E-state index in [-0.39, 0.29) is 17.9 Å². The van der Waals surface area contributed by atoms with Gasteiger partial charge in [0.1, 0.15) is 5.84 Å². The third kappa shape index (κ3) is 3.26. The molecule has 0 spiro atoms. The third-order valence-corrected chi connectivity index (χ3v) is 2.26. The zero-order chi connectivity index (χ0) is 15.6. The molecule has 20 heavy (non-hydrogen) atoms. The predicted molar refractivity (Wildman–Crippen MR) is 66.2 cm³/mol. The Hall–Kier alpha value is -1.66. The maximum atomic E-state index is 13.7. The van der Waals surface area contributed by atoms with Gasteiger partial charge in [-0.05, 0) is 27.7 Å². The minimum Gasteiger partial charge on any atom is -0.368 e. The quantitative estimate of drug-likeness (QED) is 0.298. The van der Waals surface area contributed by atoms with E-state index in [4.69, 9.17) is 0 Å². The predicted octanol–water partition coefficient (Wildman–Crippen LogP) is 3.54. The smallest absolute Gasteiger partial charge is 0.200 e. The Morgan fingerprint density at radius 3 is 1.55 bits per heavy atom. The van der Waals surface area contributed by atoms with Crippen LogP contribution in [0, 0.1) is 29.1 Å². The lowest BCUT2D eigenvalue weighted by Crippen LogP contribution is -2.34. The molecule has 2 nitrogen and oxygen atoms in total. The van der Waals surface area contributed by atoms with Crippen molar-refractivity contribution in [3.63, 3.8) is 0 Å². The molecule has 0 atom stereocenters. The van der Waals surface area contributed by atoms with Crippen molar-refractivity contribution < 1.29 is 22.0 Å². The Morgan fingerprint density at radius 1 is 0.800 bits per heavy atom. The molecule has 0 aliphatic rings. The van der Waals surface area contributed by atoms with Crippen molar-refractivity contribution in [3.05, 3.63) is 34.6 Å². The number of hydrogen-bond donors (Lipinski definition) is 1. The average molecular weight is 294 g/mol. The van der Waals surface area contributed by atoms with Crippen molar-refractivity contribution in [1.82, 2.24) is 5.32 Å². The first-order chi connectivity index (χ1) is 9.16. The molecule has 112 valence electrons. The zero-order valence-corrected chi connectivity index (χ0v) is 11.5. The van der Waals surface area contributed by atoms with Crippen LogP contribution < -0.4 is 5.32 Å². The fourth-order valence-electron chi connectivity index (χ4n) is 1.52. The summed E-state index contributed by atoms with van der Waals surface area (Å²) in [5.41, 5.74) is -1.04. The second-order valence-electron chi connectivity index (χ2n) is 4.82. The molecule has 0 bridgehead atoms. The first-order valence-corrected chi connectivity index (χ1v) is 6.02. The molecular weight excluding hydrogens is 279 g/mol. The van der Waals surface area contributed by atoms with Gasteiger partial charge in [-0.3, -0.25) is 4.99 Å². The molecule has 0 aliphatic heterocycles. The van der Waals surface area contributed by atoms with Gasteiger partial charge in [0.05, 0.1) is 5.56 Å². The highest BCUT2D eigenvalue weighted by molar-refractivity contribution is 5.99. The summed E-state index contributed by atoms with van der Waals surface area (Å²) in [5, 5.41) is 2.60. The number of amidine groups is 1. The average Bonchev–Trinajstić information content (AvgIpc) is 2.32. The summed E-state index contributed by atoms with van der Waals surface area (Å²) in [6, 6.07) is -0.672. The Bertz CT molecular complexity index is 509. The number of halogens is 5. The van der Waals surface area contributed by atoms with Crippen LogP contribution in [0.25, 0.3) is 0 Å². The number of nitrogens with one attached hydrogen (secondary N) is 1. The fourth-order valence-corrected chi connectivity index (χ4v) is 1.52. The van der Waals surface area contributed by atoms with Crippen molar-refractivity contribution in [2.45, 2.75) is 39.8 Å². The summed E-state index contributed by atoms with van der Waals surface area (Å²) in [5.74, 6) is -10.3. The molecule has 1 rings (SSSR count). The molecule has 0 amide bonds. The molecule has 0 unspecified atom stereocenters. The van der Waals surface area contributed by atoms with Crippen molar-refractivity contribution in [2.24, 2.45) is 4.99 Å². The summed E-state index contributed by atoms with van der Waals surface area (Å²) < 4.78 is 66.8. The van der Waals surface area contributed by atoms with Gasteiger partial charge >= 0.3 is 0 Å². The monoisotopic (exact) mass is 294 g/mol. The van der Waals surface area contributed by atoms with Gasteiger partial charge in [0.25, 0.3) is 0 Å². The summed E-state index contributed by atoms with van der Waals surface area (Å²) in [6.45, 7) is 6.55. The van der Waals surface area contributed by atoms with Crippen LogP contribution in [0.4, 0.5) is 22.0 Å². The summed E-state index contributed by atoms with van der Waals surface area (Å²) in [6.07, 6.45) is 0. The lowest BCUT2D eigenvalue weighted by molar-refractivity contribution is 0.376.